The van der Waals surface area contributed by atoms with Gasteiger partial charge in [-0.15, -0.1) is 0 Å². The van der Waals surface area contributed by atoms with E-state index in [0.29, 0.717) is 18.8 Å². The average Bonchev–Trinajstić information content (AvgIpc) is 3.05. The lowest BCUT2D eigenvalue weighted by molar-refractivity contribution is -0.161. The Balaban J connectivity index is 1.79. The van der Waals surface area contributed by atoms with Gasteiger partial charge in [-0.3, -0.25) is 9.78 Å². The number of pyridine rings is 1. The van der Waals surface area contributed by atoms with Crippen molar-refractivity contribution in [1.29, 1.82) is 0 Å². The maximum Gasteiger partial charge on any atom is 0.323 e. The van der Waals surface area contributed by atoms with Crippen LogP contribution < -0.4 is 5.73 Å². The van der Waals surface area contributed by atoms with Gasteiger partial charge in [-0.1, -0.05) is 31.5 Å². The zero-order valence-corrected chi connectivity index (χ0v) is 21.4. The summed E-state index contributed by atoms with van der Waals surface area (Å²) in [4.78, 5) is 19.8. The summed E-state index contributed by atoms with van der Waals surface area (Å²) >= 11 is 0. The smallest absolute Gasteiger partial charge is 0.323 e. The summed E-state index contributed by atoms with van der Waals surface area (Å²) in [5.74, 6) is -0.0480. The second-order valence-electron chi connectivity index (χ2n) is 10.6. The second kappa shape index (κ2) is 9.51. The summed E-state index contributed by atoms with van der Waals surface area (Å²) in [6.45, 7) is 10.3. The highest BCUT2D eigenvalue weighted by atomic mass is 16.6. The first-order chi connectivity index (χ1) is 16.1. The van der Waals surface area contributed by atoms with Crippen LogP contribution in [0.15, 0.2) is 36.7 Å². The number of carbonyl (C=O) groups excluding carboxylic acids is 1. The summed E-state index contributed by atoms with van der Waals surface area (Å²) in [6, 6.07) is 7.75. The van der Waals surface area contributed by atoms with Crippen LogP contribution in [0, 0.1) is 12.8 Å². The molecule has 0 fully saturated rings. The highest BCUT2D eigenvalue weighted by Gasteiger charge is 2.35. The minimum atomic E-state index is -0.887. The lowest BCUT2D eigenvalue weighted by Gasteiger charge is -2.32. The van der Waals surface area contributed by atoms with E-state index in [1.165, 1.54) is 33.3 Å². The molecule has 0 amide bonds. The van der Waals surface area contributed by atoms with E-state index >= 15 is 0 Å². The third-order valence-electron chi connectivity index (χ3n) is 7.06. The van der Waals surface area contributed by atoms with Gasteiger partial charge in [-0.25, -0.2) is 0 Å². The molecule has 0 saturated heterocycles. The molecule has 34 heavy (non-hydrogen) atoms. The monoisotopic (exact) mass is 462 g/mol. The summed E-state index contributed by atoms with van der Waals surface area (Å²) in [7, 11) is 4.33. The predicted molar refractivity (Wildman–Crippen MR) is 137 cm³/mol. The van der Waals surface area contributed by atoms with Gasteiger partial charge in [0.1, 0.15) is 11.6 Å². The van der Waals surface area contributed by atoms with Gasteiger partial charge in [0.05, 0.1) is 5.52 Å². The first kappa shape index (κ1) is 24.4. The van der Waals surface area contributed by atoms with Gasteiger partial charge in [0.15, 0.2) is 0 Å². The second-order valence-corrected chi connectivity index (χ2v) is 10.6. The highest BCUT2D eigenvalue weighted by molar-refractivity contribution is 5.89. The number of rotatable bonds is 7. The largest absolute Gasteiger partial charge is 0.453 e. The fraction of sp³-hybridized carbons (Fsp3) is 0.500. The van der Waals surface area contributed by atoms with Gasteiger partial charge in [-0.2, -0.15) is 0 Å². The predicted octanol–water partition coefficient (Wildman–Crippen LogP) is 4.24. The number of hydrogen-bond acceptors (Lipinski definition) is 5. The molecule has 0 bridgehead atoms. The standard InChI is InChI=1S/C28H38N4O2/c1-18(2)12-24(29)27(33)34-28(4,21-8-7-10-30-16-21)15-20-13-19(3)14-23-22-9-11-31(5)17-25(22)32(6)26(20)23/h7-8,10,13-14,16,18,24H,9,11-12,15,17,29H2,1-6H3. The molecule has 3 aromatic rings. The lowest BCUT2D eigenvalue weighted by Crippen LogP contribution is -2.40. The summed E-state index contributed by atoms with van der Waals surface area (Å²) in [5.41, 5.74) is 12.6. The van der Waals surface area contributed by atoms with Gasteiger partial charge >= 0.3 is 5.97 Å². The normalized spacial score (nSPS) is 16.9. The number of benzene rings is 1. The molecular formula is C28H38N4O2. The average molecular weight is 463 g/mol. The molecule has 6 nitrogen and oxygen atoms in total. The SMILES string of the molecule is Cc1cc(CC(C)(OC(=O)C(N)CC(C)C)c2cccnc2)c2c(c1)c1c(n2C)CN(C)CC1. The van der Waals surface area contributed by atoms with Crippen LogP contribution in [-0.4, -0.2) is 40.1 Å². The van der Waals surface area contributed by atoms with Crippen LogP contribution in [0.5, 0.6) is 0 Å². The summed E-state index contributed by atoms with van der Waals surface area (Å²) in [6.07, 6.45) is 5.71. The molecule has 1 aliphatic heterocycles. The lowest BCUT2D eigenvalue weighted by atomic mass is 9.87. The summed E-state index contributed by atoms with van der Waals surface area (Å²) < 4.78 is 8.56. The molecule has 1 aliphatic rings. The molecule has 0 saturated carbocycles. The number of nitrogens with zero attached hydrogens (tertiary/aromatic N) is 3. The molecule has 0 spiro atoms. The number of aromatic nitrogens is 2. The number of aryl methyl sites for hydroxylation is 2. The van der Waals surface area contributed by atoms with Gasteiger partial charge in [-0.05, 0) is 62.9 Å². The van der Waals surface area contributed by atoms with Crippen LogP contribution in [0.1, 0.15) is 55.1 Å². The van der Waals surface area contributed by atoms with E-state index in [0.717, 1.165) is 25.1 Å². The molecule has 2 N–H and O–H groups in total. The zero-order chi connectivity index (χ0) is 24.6. The van der Waals surface area contributed by atoms with Crippen molar-refractivity contribution in [3.05, 3.63) is 64.6 Å². The zero-order valence-electron chi connectivity index (χ0n) is 21.4. The van der Waals surface area contributed by atoms with Gasteiger partial charge in [0, 0.05) is 55.6 Å². The van der Waals surface area contributed by atoms with Gasteiger partial charge in [0.2, 0.25) is 0 Å². The fourth-order valence-electron chi connectivity index (χ4n) is 5.36. The maximum atomic E-state index is 13.1. The van der Waals surface area contributed by atoms with E-state index in [-0.39, 0.29) is 5.97 Å². The fourth-order valence-corrected chi connectivity index (χ4v) is 5.36. The summed E-state index contributed by atoms with van der Waals surface area (Å²) in [5, 5.41) is 1.32. The van der Waals surface area contributed by atoms with E-state index in [4.69, 9.17) is 10.5 Å². The van der Waals surface area contributed by atoms with E-state index in [1.807, 2.05) is 19.1 Å². The van der Waals surface area contributed by atoms with E-state index < -0.39 is 11.6 Å². The molecule has 182 valence electrons. The van der Waals surface area contributed by atoms with E-state index in [9.17, 15) is 4.79 Å². The number of fused-ring (bicyclic) bond motifs is 3. The number of likely N-dealkylation sites (N-methyl/N-ethyl adjacent to an activating group) is 1. The minimum Gasteiger partial charge on any atom is -0.453 e. The Kier molecular flexibility index (Phi) is 6.83. The van der Waals surface area contributed by atoms with Crippen LogP contribution in [0.3, 0.4) is 0 Å². The molecule has 6 heteroatoms. The van der Waals surface area contributed by atoms with Crippen molar-refractivity contribution in [2.75, 3.05) is 13.6 Å². The first-order valence-electron chi connectivity index (χ1n) is 12.3. The Morgan fingerprint density at radius 3 is 2.74 bits per heavy atom. The number of hydrogen-bond donors (Lipinski definition) is 1. The van der Waals surface area contributed by atoms with E-state index in [1.54, 1.807) is 12.4 Å². The van der Waals surface area contributed by atoms with Gasteiger partial charge < -0.3 is 19.9 Å². The van der Waals surface area contributed by atoms with Crippen LogP contribution >= 0.6 is 0 Å². The quantitative estimate of drug-likeness (QED) is 0.532. The third kappa shape index (κ3) is 4.75. The van der Waals surface area contributed by atoms with Crippen molar-refractivity contribution >= 4 is 16.9 Å². The Hall–Kier alpha value is -2.70. The number of carbonyl (C=O) groups is 1. The molecule has 2 aromatic heterocycles. The topological polar surface area (TPSA) is 73.4 Å². The molecule has 3 heterocycles. The first-order valence-corrected chi connectivity index (χ1v) is 12.3. The molecule has 2 unspecified atom stereocenters. The molecule has 1 aromatic carbocycles. The Labute approximate surface area is 203 Å². The number of ether oxygens (including phenoxy) is 1. The van der Waals surface area contributed by atoms with Crippen molar-refractivity contribution < 1.29 is 9.53 Å². The van der Waals surface area contributed by atoms with Crippen LogP contribution in [0.4, 0.5) is 0 Å². The highest BCUT2D eigenvalue weighted by Crippen LogP contribution is 2.37. The third-order valence-corrected chi connectivity index (χ3v) is 7.06. The maximum absolute atomic E-state index is 13.1. The number of esters is 1. The van der Waals surface area contributed by atoms with Crippen molar-refractivity contribution in [1.82, 2.24) is 14.5 Å². The van der Waals surface area contributed by atoms with Crippen molar-refractivity contribution in [2.24, 2.45) is 18.7 Å². The molecule has 0 radical (unpaired) electrons. The molecule has 4 rings (SSSR count). The Morgan fingerprint density at radius 2 is 2.06 bits per heavy atom. The number of nitrogens with two attached hydrogens (primary N) is 1. The minimum absolute atomic E-state index is 0.316. The molecule has 2 atom stereocenters. The molecule has 0 aliphatic carbocycles. The van der Waals surface area contributed by atoms with Crippen LogP contribution in [0.25, 0.3) is 10.9 Å². The van der Waals surface area contributed by atoms with E-state index in [2.05, 4.69) is 61.5 Å². The molecular weight excluding hydrogens is 424 g/mol. The van der Waals surface area contributed by atoms with Crippen LogP contribution in [-0.2, 0) is 41.6 Å². The van der Waals surface area contributed by atoms with Crippen LogP contribution in [0.2, 0.25) is 0 Å². The van der Waals surface area contributed by atoms with Gasteiger partial charge in [0.25, 0.3) is 0 Å². The van der Waals surface area contributed by atoms with Crippen molar-refractivity contribution in [3.63, 3.8) is 0 Å². The Bertz CT molecular complexity index is 1180. The Morgan fingerprint density at radius 1 is 1.29 bits per heavy atom. The van der Waals surface area contributed by atoms with Crippen molar-refractivity contribution in [3.8, 4) is 0 Å². The van der Waals surface area contributed by atoms with Crippen molar-refractivity contribution in [2.45, 2.75) is 65.1 Å².